The van der Waals surface area contributed by atoms with Gasteiger partial charge in [-0.25, -0.2) is 4.98 Å². The summed E-state index contributed by atoms with van der Waals surface area (Å²) < 4.78 is 0.804. The lowest BCUT2D eigenvalue weighted by Crippen LogP contribution is -3.08. The summed E-state index contributed by atoms with van der Waals surface area (Å²) in [5, 5.41) is 0. The SMILES string of the molecule is C[NH+](CC(=O)N1CCN(c2cccc[nH+]2)CC1)Cc1ccc(Cl)s1. The predicted octanol–water partition coefficient (Wildman–Crippen LogP) is 0.579. The zero-order valence-electron chi connectivity index (χ0n) is 13.8. The van der Waals surface area contributed by atoms with Crippen molar-refractivity contribution in [2.24, 2.45) is 0 Å². The minimum Gasteiger partial charge on any atom is -0.330 e. The number of halogens is 1. The van der Waals surface area contributed by atoms with E-state index in [1.54, 1.807) is 11.3 Å². The Balaban J connectivity index is 1.46. The second kappa shape index (κ2) is 7.96. The van der Waals surface area contributed by atoms with E-state index >= 15 is 0 Å². The number of nitrogens with zero attached hydrogens (tertiary/aromatic N) is 2. The molecule has 0 bridgehead atoms. The lowest BCUT2D eigenvalue weighted by molar-refractivity contribution is -0.885. The standard InChI is InChI=1S/C17H21ClN4OS/c1-20(12-14-5-6-15(18)24-14)13-17(23)22-10-8-21(9-11-22)16-4-2-3-7-19-16/h2-7H,8-13H2,1H3/p+2. The fraction of sp³-hybridized carbons (Fsp3) is 0.412. The molecule has 1 amide bonds. The number of carbonyl (C=O) groups excluding carboxylic acids is 1. The number of likely N-dealkylation sites (N-methyl/N-ethyl adjacent to an activating group) is 1. The number of H-pyrrole nitrogens is 1. The number of pyridine rings is 1. The fourth-order valence-electron chi connectivity index (χ4n) is 2.95. The van der Waals surface area contributed by atoms with Crippen molar-refractivity contribution in [3.63, 3.8) is 0 Å². The number of thiophene rings is 1. The Kier molecular flexibility index (Phi) is 5.71. The van der Waals surface area contributed by atoms with Gasteiger partial charge in [-0.05, 0) is 18.2 Å². The molecule has 1 aliphatic heterocycles. The van der Waals surface area contributed by atoms with Crippen LogP contribution in [0.2, 0.25) is 4.34 Å². The molecule has 3 rings (SSSR count). The molecule has 0 spiro atoms. The van der Waals surface area contributed by atoms with Gasteiger partial charge in [0.15, 0.2) is 6.54 Å². The number of quaternary nitrogens is 1. The first-order valence-corrected chi connectivity index (χ1v) is 9.36. The molecule has 1 fully saturated rings. The molecule has 2 aromatic rings. The molecule has 24 heavy (non-hydrogen) atoms. The Bertz CT molecular complexity index is 670. The minimum absolute atomic E-state index is 0.229. The van der Waals surface area contributed by atoms with Crippen LogP contribution >= 0.6 is 22.9 Å². The van der Waals surface area contributed by atoms with E-state index in [1.165, 1.54) is 9.78 Å². The van der Waals surface area contributed by atoms with Gasteiger partial charge in [-0.15, -0.1) is 11.3 Å². The second-order valence-corrected chi connectivity index (χ2v) is 7.93. The normalized spacial score (nSPS) is 16.2. The molecule has 1 aliphatic rings. The molecule has 1 atom stereocenters. The maximum atomic E-state index is 12.5. The Morgan fingerprint density at radius 1 is 1.25 bits per heavy atom. The van der Waals surface area contributed by atoms with Gasteiger partial charge in [-0.2, -0.15) is 0 Å². The van der Waals surface area contributed by atoms with Crippen molar-refractivity contribution in [1.29, 1.82) is 0 Å². The minimum atomic E-state index is 0.229. The van der Waals surface area contributed by atoms with Crippen molar-refractivity contribution in [2.75, 3.05) is 44.7 Å². The third-order valence-electron chi connectivity index (χ3n) is 4.22. The molecule has 0 aromatic carbocycles. The van der Waals surface area contributed by atoms with Gasteiger partial charge >= 0.3 is 0 Å². The van der Waals surface area contributed by atoms with E-state index in [0.29, 0.717) is 6.54 Å². The Morgan fingerprint density at radius 3 is 2.67 bits per heavy atom. The summed E-state index contributed by atoms with van der Waals surface area (Å²) >= 11 is 7.55. The quantitative estimate of drug-likeness (QED) is 0.841. The molecule has 2 aromatic heterocycles. The first kappa shape index (κ1) is 17.2. The maximum absolute atomic E-state index is 12.5. The summed E-state index contributed by atoms with van der Waals surface area (Å²) in [6.45, 7) is 4.64. The number of carbonyl (C=O) groups is 1. The van der Waals surface area contributed by atoms with Gasteiger partial charge in [0.25, 0.3) is 11.7 Å². The summed E-state index contributed by atoms with van der Waals surface area (Å²) in [6.07, 6.45) is 1.93. The molecule has 2 N–H and O–H groups in total. The highest BCUT2D eigenvalue weighted by Crippen LogP contribution is 2.20. The third-order valence-corrected chi connectivity index (χ3v) is 5.45. The summed E-state index contributed by atoms with van der Waals surface area (Å²) in [4.78, 5) is 22.4. The van der Waals surface area contributed by atoms with Crippen LogP contribution in [0.15, 0.2) is 36.5 Å². The van der Waals surface area contributed by atoms with E-state index in [2.05, 4.69) is 23.0 Å². The molecule has 3 heterocycles. The number of piperazine rings is 1. The van der Waals surface area contributed by atoms with Crippen molar-refractivity contribution >= 4 is 34.7 Å². The van der Waals surface area contributed by atoms with E-state index < -0.39 is 0 Å². The number of hydrogen-bond donors (Lipinski definition) is 1. The number of anilines is 1. The zero-order chi connectivity index (χ0) is 16.9. The van der Waals surface area contributed by atoms with Crippen molar-refractivity contribution in [3.8, 4) is 0 Å². The number of rotatable bonds is 5. The summed E-state index contributed by atoms with van der Waals surface area (Å²) in [6, 6.07) is 10.0. The van der Waals surface area contributed by atoms with E-state index in [0.717, 1.165) is 42.9 Å². The third kappa shape index (κ3) is 4.47. The van der Waals surface area contributed by atoms with Gasteiger partial charge in [0.2, 0.25) is 0 Å². The van der Waals surface area contributed by atoms with Crippen LogP contribution in [0.3, 0.4) is 0 Å². The highest BCUT2D eigenvalue weighted by molar-refractivity contribution is 7.16. The van der Waals surface area contributed by atoms with Crippen LogP contribution in [0.25, 0.3) is 0 Å². The first-order chi connectivity index (χ1) is 11.6. The van der Waals surface area contributed by atoms with Crippen molar-refractivity contribution in [3.05, 3.63) is 45.7 Å². The number of amides is 1. The number of aromatic amines is 1. The molecule has 1 saturated heterocycles. The smallest absolute Gasteiger partial charge is 0.278 e. The number of hydrogen-bond acceptors (Lipinski definition) is 3. The van der Waals surface area contributed by atoms with Gasteiger partial charge in [0, 0.05) is 6.07 Å². The van der Waals surface area contributed by atoms with Crippen LogP contribution in [0.4, 0.5) is 5.82 Å². The van der Waals surface area contributed by atoms with Crippen LogP contribution in [0, 0.1) is 0 Å². The maximum Gasteiger partial charge on any atom is 0.278 e. The van der Waals surface area contributed by atoms with E-state index in [1.807, 2.05) is 35.4 Å². The summed E-state index contributed by atoms with van der Waals surface area (Å²) in [7, 11) is 2.06. The van der Waals surface area contributed by atoms with Crippen LogP contribution in [0.5, 0.6) is 0 Å². The summed E-state index contributed by atoms with van der Waals surface area (Å²) in [5.74, 6) is 1.34. The van der Waals surface area contributed by atoms with Gasteiger partial charge in [-0.1, -0.05) is 17.7 Å². The van der Waals surface area contributed by atoms with Gasteiger partial charge < -0.3 is 9.80 Å². The average molecular weight is 367 g/mol. The monoisotopic (exact) mass is 366 g/mol. The molecule has 5 nitrogen and oxygen atoms in total. The molecule has 7 heteroatoms. The van der Waals surface area contributed by atoms with Crippen LogP contribution in [0.1, 0.15) is 4.88 Å². The van der Waals surface area contributed by atoms with Crippen LogP contribution in [-0.2, 0) is 11.3 Å². The molecular weight excluding hydrogens is 344 g/mol. The zero-order valence-corrected chi connectivity index (χ0v) is 15.4. The first-order valence-electron chi connectivity index (χ1n) is 8.17. The Hall–Kier alpha value is -1.63. The van der Waals surface area contributed by atoms with Crippen molar-refractivity contribution in [1.82, 2.24) is 4.90 Å². The van der Waals surface area contributed by atoms with Gasteiger partial charge in [0.05, 0.1) is 35.5 Å². The van der Waals surface area contributed by atoms with E-state index in [4.69, 9.17) is 11.6 Å². The van der Waals surface area contributed by atoms with E-state index in [-0.39, 0.29) is 5.91 Å². The Morgan fingerprint density at radius 2 is 2.04 bits per heavy atom. The predicted molar refractivity (Wildman–Crippen MR) is 96.6 cm³/mol. The van der Waals surface area contributed by atoms with Crippen molar-refractivity contribution in [2.45, 2.75) is 6.54 Å². The number of aromatic nitrogens is 1. The molecule has 128 valence electrons. The number of nitrogens with one attached hydrogen (secondary N) is 2. The van der Waals surface area contributed by atoms with Crippen LogP contribution in [-0.4, -0.2) is 50.6 Å². The van der Waals surface area contributed by atoms with Crippen molar-refractivity contribution < 1.29 is 14.7 Å². The average Bonchev–Trinajstić information content (AvgIpc) is 3.00. The largest absolute Gasteiger partial charge is 0.330 e. The van der Waals surface area contributed by atoms with Gasteiger partial charge in [0.1, 0.15) is 19.6 Å². The molecule has 0 aliphatic carbocycles. The van der Waals surface area contributed by atoms with E-state index in [9.17, 15) is 4.79 Å². The molecular formula is C17H23ClN4OS+2. The lowest BCUT2D eigenvalue weighted by atomic mass is 10.3. The molecule has 1 unspecified atom stereocenters. The highest BCUT2D eigenvalue weighted by atomic mass is 35.5. The molecule has 0 saturated carbocycles. The second-order valence-electron chi connectivity index (χ2n) is 6.13. The van der Waals surface area contributed by atoms with Gasteiger partial charge in [-0.3, -0.25) is 9.69 Å². The lowest BCUT2D eigenvalue weighted by Gasteiger charge is -2.31. The van der Waals surface area contributed by atoms with Crippen LogP contribution < -0.4 is 14.8 Å². The fourth-order valence-corrected chi connectivity index (χ4v) is 4.16. The molecule has 0 radical (unpaired) electrons. The Labute approximate surface area is 151 Å². The summed E-state index contributed by atoms with van der Waals surface area (Å²) in [5.41, 5.74) is 0. The highest BCUT2D eigenvalue weighted by Gasteiger charge is 2.27. The topological polar surface area (TPSA) is 42.1 Å².